The number of fused-ring (bicyclic) bond motifs is 1. The second-order valence-electron chi connectivity index (χ2n) is 8.39. The first-order valence-electron chi connectivity index (χ1n) is 10.9. The number of ether oxygens (including phenoxy) is 2. The summed E-state index contributed by atoms with van der Waals surface area (Å²) in [6.45, 7) is 5.33. The van der Waals surface area contributed by atoms with Crippen molar-refractivity contribution < 1.29 is 18.7 Å². The zero-order valence-electron chi connectivity index (χ0n) is 18.7. The largest absolute Gasteiger partial charge is 0.447 e. The molecule has 170 valence electrons. The van der Waals surface area contributed by atoms with E-state index in [-0.39, 0.29) is 12.2 Å². The first-order valence-corrected chi connectivity index (χ1v) is 10.9. The minimum absolute atomic E-state index is 0.101. The van der Waals surface area contributed by atoms with Gasteiger partial charge in [-0.3, -0.25) is 5.32 Å². The number of aromatic nitrogens is 3. The fraction of sp³-hybridized carbons (Fsp3) is 0.292. The van der Waals surface area contributed by atoms with Gasteiger partial charge in [-0.25, -0.2) is 4.79 Å². The summed E-state index contributed by atoms with van der Waals surface area (Å²) >= 11 is 0. The van der Waals surface area contributed by atoms with E-state index in [1.807, 2.05) is 56.3 Å². The lowest BCUT2D eigenvalue weighted by atomic mass is 10.1. The third kappa shape index (κ3) is 4.21. The van der Waals surface area contributed by atoms with Crippen LogP contribution in [0.15, 0.2) is 46.9 Å². The Hall–Kier alpha value is -4.01. The van der Waals surface area contributed by atoms with Crippen molar-refractivity contribution in [2.45, 2.75) is 45.8 Å². The Morgan fingerprint density at radius 1 is 1.18 bits per heavy atom. The molecule has 0 unspecified atom stereocenters. The maximum atomic E-state index is 11.9. The highest BCUT2D eigenvalue weighted by molar-refractivity contribution is 6.02. The number of nitrogen functional groups attached to an aromatic ring is 1. The van der Waals surface area contributed by atoms with E-state index in [9.17, 15) is 4.79 Å². The van der Waals surface area contributed by atoms with Crippen LogP contribution in [0, 0.1) is 6.92 Å². The molecule has 2 heterocycles. The number of rotatable bonds is 6. The molecule has 4 aromatic rings. The molecule has 1 aliphatic carbocycles. The molecule has 1 aliphatic rings. The number of hydrogen-bond acceptors (Lipinski definition) is 7. The van der Waals surface area contributed by atoms with E-state index < -0.39 is 6.09 Å². The van der Waals surface area contributed by atoms with Crippen molar-refractivity contribution >= 4 is 28.4 Å². The van der Waals surface area contributed by atoms with Gasteiger partial charge in [-0.05, 0) is 51.0 Å². The topological polar surface area (TPSA) is 117 Å². The van der Waals surface area contributed by atoms with E-state index >= 15 is 0 Å². The summed E-state index contributed by atoms with van der Waals surface area (Å²) in [5.74, 6) is 1.04. The first kappa shape index (κ1) is 20.9. The van der Waals surface area contributed by atoms with Gasteiger partial charge in [0.25, 0.3) is 0 Å². The van der Waals surface area contributed by atoms with Gasteiger partial charge in [-0.2, -0.15) is 0 Å². The number of nitrogens with one attached hydrogen (secondary N) is 1. The van der Waals surface area contributed by atoms with Gasteiger partial charge < -0.3 is 24.2 Å². The van der Waals surface area contributed by atoms with Crippen LogP contribution in [-0.2, 0) is 4.74 Å². The number of aryl methyl sites for hydroxylation is 1. The summed E-state index contributed by atoms with van der Waals surface area (Å²) in [6, 6.07) is 13.7. The van der Waals surface area contributed by atoms with E-state index in [1.165, 1.54) is 0 Å². The number of benzene rings is 2. The minimum atomic E-state index is -0.478. The molecule has 1 fully saturated rings. The average molecular weight is 447 g/mol. The van der Waals surface area contributed by atoms with Crippen LogP contribution >= 0.6 is 0 Å². The zero-order valence-corrected chi connectivity index (χ0v) is 18.7. The van der Waals surface area contributed by atoms with E-state index in [0.717, 1.165) is 35.0 Å². The monoisotopic (exact) mass is 447 g/mol. The van der Waals surface area contributed by atoms with Gasteiger partial charge >= 0.3 is 12.2 Å². The Morgan fingerprint density at radius 3 is 2.58 bits per heavy atom. The van der Waals surface area contributed by atoms with Gasteiger partial charge in [0.05, 0.1) is 23.0 Å². The number of carbonyl (C=O) groups excluding carboxylic acids is 1. The van der Waals surface area contributed by atoms with E-state index in [2.05, 4.69) is 20.1 Å². The van der Waals surface area contributed by atoms with Crippen molar-refractivity contribution in [3.05, 3.63) is 48.4 Å². The highest BCUT2D eigenvalue weighted by Gasteiger charge is 2.30. The molecule has 5 rings (SSSR count). The predicted molar refractivity (Wildman–Crippen MR) is 124 cm³/mol. The molecule has 0 radical (unpaired) electrons. The number of amides is 1. The third-order valence-electron chi connectivity index (χ3n) is 5.39. The number of nitrogens with zero attached hydrogens (tertiary/aromatic N) is 3. The van der Waals surface area contributed by atoms with Gasteiger partial charge in [-0.1, -0.05) is 17.2 Å². The summed E-state index contributed by atoms with van der Waals surface area (Å²) in [5.41, 5.74) is 10.9. The highest BCUT2D eigenvalue weighted by Crippen LogP contribution is 2.47. The van der Waals surface area contributed by atoms with Crippen LogP contribution in [0.4, 0.5) is 16.2 Å². The van der Waals surface area contributed by atoms with E-state index in [1.54, 1.807) is 6.92 Å². The normalized spacial score (nSPS) is 13.5. The van der Waals surface area contributed by atoms with Gasteiger partial charge in [0.15, 0.2) is 0 Å². The maximum absolute atomic E-state index is 11.9. The van der Waals surface area contributed by atoms with Crippen LogP contribution in [0.25, 0.3) is 22.2 Å². The summed E-state index contributed by atoms with van der Waals surface area (Å²) in [6.07, 6.45) is 1.61. The third-order valence-corrected chi connectivity index (χ3v) is 5.39. The number of nitrogens with two attached hydrogens (primary N) is 1. The van der Waals surface area contributed by atoms with E-state index in [0.29, 0.717) is 29.1 Å². The van der Waals surface area contributed by atoms with Crippen LogP contribution in [0.1, 0.15) is 38.6 Å². The van der Waals surface area contributed by atoms with Crippen molar-refractivity contribution in [1.82, 2.24) is 14.8 Å². The van der Waals surface area contributed by atoms with Crippen LogP contribution in [0.2, 0.25) is 0 Å². The van der Waals surface area contributed by atoms with Gasteiger partial charge in [0.1, 0.15) is 5.75 Å². The molecule has 9 heteroatoms. The molecule has 33 heavy (non-hydrogen) atoms. The van der Waals surface area contributed by atoms with Gasteiger partial charge in [0, 0.05) is 35.7 Å². The van der Waals surface area contributed by atoms with Crippen molar-refractivity contribution in [3.63, 3.8) is 0 Å². The fourth-order valence-electron chi connectivity index (χ4n) is 3.88. The zero-order chi connectivity index (χ0) is 23.1. The Bertz CT molecular complexity index is 1320. The molecular weight excluding hydrogens is 422 g/mol. The van der Waals surface area contributed by atoms with E-state index in [4.69, 9.17) is 19.6 Å². The first-order chi connectivity index (χ1) is 15.9. The number of hydrogen-bond donors (Lipinski definition) is 2. The quantitative estimate of drug-likeness (QED) is 0.391. The molecule has 1 saturated carbocycles. The van der Waals surface area contributed by atoms with Gasteiger partial charge in [0.2, 0.25) is 5.89 Å². The molecule has 0 bridgehead atoms. The highest BCUT2D eigenvalue weighted by atomic mass is 16.6. The van der Waals surface area contributed by atoms with Crippen LogP contribution in [0.3, 0.4) is 0 Å². The van der Waals surface area contributed by atoms with Crippen LogP contribution < -0.4 is 15.8 Å². The van der Waals surface area contributed by atoms with Crippen LogP contribution in [0.5, 0.6) is 11.8 Å². The maximum Gasteiger partial charge on any atom is 0.420 e. The molecule has 0 spiro atoms. The van der Waals surface area contributed by atoms with Crippen LogP contribution in [-0.4, -0.2) is 27.0 Å². The summed E-state index contributed by atoms with van der Waals surface area (Å²) < 4.78 is 18.5. The smallest absolute Gasteiger partial charge is 0.420 e. The molecule has 0 aliphatic heterocycles. The Kier molecular flexibility index (Phi) is 5.16. The second kappa shape index (κ2) is 8.16. The molecule has 1 amide bonds. The lowest BCUT2D eigenvalue weighted by Gasteiger charge is -2.12. The minimum Gasteiger partial charge on any atom is -0.447 e. The summed E-state index contributed by atoms with van der Waals surface area (Å²) in [4.78, 5) is 11.9. The Labute approximate surface area is 190 Å². The molecule has 3 N–H and O–H groups in total. The predicted octanol–water partition coefficient (Wildman–Crippen LogP) is 5.67. The second-order valence-corrected chi connectivity index (χ2v) is 8.39. The Balaban J connectivity index is 1.49. The molecule has 2 aromatic carbocycles. The SMILES string of the molecule is Cc1nnc(Oc2ccc3c(N)c(-c4ccc(NC(=O)OC(C)C)cc4)n(C4CC4)c3c2)o1. The summed E-state index contributed by atoms with van der Waals surface area (Å²) in [7, 11) is 0. The van der Waals surface area contributed by atoms with Gasteiger partial charge in [-0.15, -0.1) is 5.10 Å². The lowest BCUT2D eigenvalue weighted by molar-refractivity contribution is 0.130. The molecular formula is C24H25N5O4. The van der Waals surface area contributed by atoms with Crippen molar-refractivity contribution in [1.29, 1.82) is 0 Å². The van der Waals surface area contributed by atoms with Crippen molar-refractivity contribution in [2.75, 3.05) is 11.1 Å². The fourth-order valence-corrected chi connectivity index (χ4v) is 3.88. The number of carbonyl (C=O) groups is 1. The van der Waals surface area contributed by atoms with Crippen molar-refractivity contribution in [2.24, 2.45) is 0 Å². The molecule has 0 saturated heterocycles. The lowest BCUT2D eigenvalue weighted by Crippen LogP contribution is -2.17. The summed E-state index contributed by atoms with van der Waals surface area (Å²) in [5, 5.41) is 11.4. The Morgan fingerprint density at radius 2 is 1.94 bits per heavy atom. The van der Waals surface area contributed by atoms with Crippen molar-refractivity contribution in [3.8, 4) is 23.1 Å². The standard InChI is InChI=1S/C24H25N5O4/c1-13(2)31-23(30)26-16-6-4-15(5-7-16)22-21(25)19-11-10-18(33-24-28-27-14(3)32-24)12-20(19)29(22)17-8-9-17/h4-7,10-13,17H,8-9,25H2,1-3H3,(H,26,30). The molecule has 9 nitrogen and oxygen atoms in total. The average Bonchev–Trinajstić information content (AvgIpc) is 3.46. The number of anilines is 2. The molecule has 2 aromatic heterocycles. The molecule has 0 atom stereocenters.